The maximum absolute atomic E-state index is 11.5. The highest BCUT2D eigenvalue weighted by molar-refractivity contribution is 5.73. The van der Waals surface area contributed by atoms with Gasteiger partial charge >= 0.3 is 0 Å². The molecule has 0 saturated carbocycles. The van der Waals surface area contributed by atoms with Gasteiger partial charge in [0, 0.05) is 58.8 Å². The molecular formula is C19H29N3O. The van der Waals surface area contributed by atoms with Crippen LogP contribution in [0, 0.1) is 5.92 Å². The lowest BCUT2D eigenvalue weighted by molar-refractivity contribution is -0.130. The molecule has 1 aromatic rings. The number of carbonyl (C=O) groups is 1. The third-order valence-corrected chi connectivity index (χ3v) is 5.44. The van der Waals surface area contributed by atoms with Gasteiger partial charge in [0.25, 0.3) is 0 Å². The van der Waals surface area contributed by atoms with Crippen molar-refractivity contribution in [1.29, 1.82) is 0 Å². The van der Waals surface area contributed by atoms with E-state index in [1.807, 2.05) is 4.90 Å². The van der Waals surface area contributed by atoms with Gasteiger partial charge in [0.2, 0.25) is 5.91 Å². The second-order valence-electron chi connectivity index (χ2n) is 7.08. The number of piperazine rings is 1. The Labute approximate surface area is 140 Å². The fourth-order valence-electron chi connectivity index (χ4n) is 4.01. The van der Waals surface area contributed by atoms with Crippen LogP contribution in [0.5, 0.6) is 0 Å². The quantitative estimate of drug-likeness (QED) is 0.846. The standard InChI is InChI=1S/C19H29N3O/c1-16-14-20(9-8-18-6-4-3-5-7-18)15-19(16)22-12-10-21(11-13-22)17(2)23/h3-7,16,19H,8-15H2,1-2H3/t16-,19-/m0/s1. The van der Waals surface area contributed by atoms with Gasteiger partial charge < -0.3 is 9.80 Å². The first kappa shape index (κ1) is 16.5. The van der Waals surface area contributed by atoms with Gasteiger partial charge in [-0.05, 0) is 17.9 Å². The molecule has 0 N–H and O–H groups in total. The zero-order valence-electron chi connectivity index (χ0n) is 14.4. The maximum atomic E-state index is 11.5. The maximum Gasteiger partial charge on any atom is 0.219 e. The Morgan fingerprint density at radius 1 is 1.09 bits per heavy atom. The van der Waals surface area contributed by atoms with Gasteiger partial charge in [-0.1, -0.05) is 37.3 Å². The van der Waals surface area contributed by atoms with Crippen LogP contribution in [0.2, 0.25) is 0 Å². The molecule has 4 heteroatoms. The van der Waals surface area contributed by atoms with Crippen LogP contribution in [-0.2, 0) is 11.2 Å². The Kier molecular flexibility index (Phi) is 5.34. The molecule has 1 amide bonds. The van der Waals surface area contributed by atoms with Crippen molar-refractivity contribution in [1.82, 2.24) is 14.7 Å². The van der Waals surface area contributed by atoms with E-state index in [4.69, 9.17) is 0 Å². The lowest BCUT2D eigenvalue weighted by Crippen LogP contribution is -2.53. The number of hydrogen-bond acceptors (Lipinski definition) is 3. The number of likely N-dealkylation sites (tertiary alicyclic amines) is 1. The van der Waals surface area contributed by atoms with Crippen molar-refractivity contribution in [3.8, 4) is 0 Å². The summed E-state index contributed by atoms with van der Waals surface area (Å²) in [6, 6.07) is 11.4. The summed E-state index contributed by atoms with van der Waals surface area (Å²) in [5.74, 6) is 0.934. The van der Waals surface area contributed by atoms with Crippen LogP contribution in [-0.4, -0.2) is 72.5 Å². The first-order valence-corrected chi connectivity index (χ1v) is 8.89. The molecule has 2 fully saturated rings. The van der Waals surface area contributed by atoms with Crippen LogP contribution in [0.15, 0.2) is 30.3 Å². The van der Waals surface area contributed by atoms with Crippen LogP contribution in [0.4, 0.5) is 0 Å². The van der Waals surface area contributed by atoms with Crippen LogP contribution >= 0.6 is 0 Å². The molecule has 2 aliphatic heterocycles. The molecule has 23 heavy (non-hydrogen) atoms. The topological polar surface area (TPSA) is 26.8 Å². The van der Waals surface area contributed by atoms with E-state index in [0.29, 0.717) is 6.04 Å². The summed E-state index contributed by atoms with van der Waals surface area (Å²) in [5, 5.41) is 0. The van der Waals surface area contributed by atoms with E-state index < -0.39 is 0 Å². The van der Waals surface area contributed by atoms with Gasteiger partial charge in [-0.15, -0.1) is 0 Å². The molecule has 0 radical (unpaired) electrons. The fourth-order valence-corrected chi connectivity index (χ4v) is 4.01. The van der Waals surface area contributed by atoms with Gasteiger partial charge in [0.05, 0.1) is 0 Å². The molecule has 2 aliphatic rings. The molecule has 0 bridgehead atoms. The summed E-state index contributed by atoms with van der Waals surface area (Å²) in [5.41, 5.74) is 1.43. The molecule has 0 aromatic heterocycles. The molecule has 0 spiro atoms. The molecule has 3 rings (SSSR count). The summed E-state index contributed by atoms with van der Waals surface area (Å²) in [6.45, 7) is 11.4. The monoisotopic (exact) mass is 315 g/mol. The highest BCUT2D eigenvalue weighted by atomic mass is 16.2. The molecular weight excluding hydrogens is 286 g/mol. The Balaban J connectivity index is 1.48. The van der Waals surface area contributed by atoms with Gasteiger partial charge in [-0.25, -0.2) is 0 Å². The van der Waals surface area contributed by atoms with Crippen LogP contribution in [0.3, 0.4) is 0 Å². The first-order valence-electron chi connectivity index (χ1n) is 8.89. The van der Waals surface area contributed by atoms with Gasteiger partial charge in [0.1, 0.15) is 0 Å². The van der Waals surface area contributed by atoms with E-state index in [1.54, 1.807) is 6.92 Å². The van der Waals surface area contributed by atoms with Gasteiger partial charge in [-0.3, -0.25) is 9.69 Å². The lowest BCUT2D eigenvalue weighted by Gasteiger charge is -2.39. The van der Waals surface area contributed by atoms with E-state index >= 15 is 0 Å². The highest BCUT2D eigenvalue weighted by Crippen LogP contribution is 2.23. The smallest absolute Gasteiger partial charge is 0.219 e. The van der Waals surface area contributed by atoms with E-state index in [2.05, 4.69) is 47.1 Å². The summed E-state index contributed by atoms with van der Waals surface area (Å²) >= 11 is 0. The number of benzene rings is 1. The Bertz CT molecular complexity index is 511. The van der Waals surface area contributed by atoms with Crippen molar-refractivity contribution in [2.45, 2.75) is 26.3 Å². The average molecular weight is 315 g/mol. The summed E-state index contributed by atoms with van der Waals surface area (Å²) in [6.07, 6.45) is 1.14. The third kappa shape index (κ3) is 4.12. The van der Waals surface area contributed by atoms with E-state index in [1.165, 1.54) is 18.7 Å². The molecule has 0 unspecified atom stereocenters. The summed E-state index contributed by atoms with van der Waals surface area (Å²) in [7, 11) is 0. The molecule has 0 aliphatic carbocycles. The van der Waals surface area contributed by atoms with Crippen molar-refractivity contribution in [2.75, 3.05) is 45.8 Å². The average Bonchev–Trinajstić information content (AvgIpc) is 2.95. The van der Waals surface area contributed by atoms with Crippen LogP contribution < -0.4 is 0 Å². The molecule has 2 heterocycles. The number of carbonyl (C=O) groups excluding carboxylic acids is 1. The van der Waals surface area contributed by atoms with Crippen molar-refractivity contribution >= 4 is 5.91 Å². The van der Waals surface area contributed by atoms with Crippen LogP contribution in [0.25, 0.3) is 0 Å². The lowest BCUT2D eigenvalue weighted by atomic mass is 10.0. The zero-order valence-corrected chi connectivity index (χ0v) is 14.4. The van der Waals surface area contributed by atoms with E-state index in [-0.39, 0.29) is 5.91 Å². The minimum absolute atomic E-state index is 0.216. The second-order valence-corrected chi connectivity index (χ2v) is 7.08. The van der Waals surface area contributed by atoms with Gasteiger partial charge in [0.15, 0.2) is 0 Å². The minimum atomic E-state index is 0.216. The van der Waals surface area contributed by atoms with Crippen LogP contribution in [0.1, 0.15) is 19.4 Å². The Morgan fingerprint density at radius 2 is 1.78 bits per heavy atom. The van der Waals surface area contributed by atoms with Crippen molar-refractivity contribution in [2.24, 2.45) is 5.92 Å². The Morgan fingerprint density at radius 3 is 2.43 bits per heavy atom. The molecule has 1 aromatic carbocycles. The number of amides is 1. The third-order valence-electron chi connectivity index (χ3n) is 5.44. The predicted octanol–water partition coefficient (Wildman–Crippen LogP) is 1.71. The molecule has 4 nitrogen and oxygen atoms in total. The second kappa shape index (κ2) is 7.45. The number of rotatable bonds is 4. The number of hydrogen-bond donors (Lipinski definition) is 0. The van der Waals surface area contributed by atoms with E-state index in [9.17, 15) is 4.79 Å². The summed E-state index contributed by atoms with van der Waals surface area (Å²) < 4.78 is 0. The molecule has 2 atom stereocenters. The van der Waals surface area contributed by atoms with Crippen molar-refractivity contribution < 1.29 is 4.79 Å². The van der Waals surface area contributed by atoms with Gasteiger partial charge in [-0.2, -0.15) is 0 Å². The number of nitrogens with zero attached hydrogens (tertiary/aromatic N) is 3. The van der Waals surface area contributed by atoms with Crippen molar-refractivity contribution in [3.05, 3.63) is 35.9 Å². The van der Waals surface area contributed by atoms with Crippen molar-refractivity contribution in [3.63, 3.8) is 0 Å². The first-order chi connectivity index (χ1) is 11.1. The minimum Gasteiger partial charge on any atom is -0.340 e. The highest BCUT2D eigenvalue weighted by Gasteiger charge is 2.35. The SMILES string of the molecule is CC(=O)N1CCN([C@H]2CN(CCc3ccccc3)C[C@@H]2C)CC1. The zero-order chi connectivity index (χ0) is 16.2. The Hall–Kier alpha value is -1.39. The largest absolute Gasteiger partial charge is 0.340 e. The fraction of sp³-hybridized carbons (Fsp3) is 0.632. The van der Waals surface area contributed by atoms with E-state index in [0.717, 1.165) is 45.1 Å². The molecule has 2 saturated heterocycles. The summed E-state index contributed by atoms with van der Waals surface area (Å²) in [4.78, 5) is 18.7. The predicted molar refractivity (Wildman–Crippen MR) is 93.4 cm³/mol. The normalized spacial score (nSPS) is 26.6. The molecule has 126 valence electrons.